The number of carbonyl (C=O) groups is 1. The summed E-state index contributed by atoms with van der Waals surface area (Å²) in [5.41, 5.74) is 2.85. The quantitative estimate of drug-likeness (QED) is 0.724. The van der Waals surface area contributed by atoms with Crippen molar-refractivity contribution >= 4 is 11.6 Å². The van der Waals surface area contributed by atoms with Gasteiger partial charge in [-0.2, -0.15) is 10.2 Å². The number of carbonyl (C=O) groups excluding carboxylic acids is 1. The predicted molar refractivity (Wildman–Crippen MR) is 74.9 cm³/mol. The Balaban J connectivity index is 1.75. The zero-order valence-electron chi connectivity index (χ0n) is 11.8. The molecule has 0 spiro atoms. The van der Waals surface area contributed by atoms with E-state index in [0.717, 1.165) is 17.2 Å². The van der Waals surface area contributed by atoms with Crippen molar-refractivity contribution in [2.75, 3.05) is 6.54 Å². The number of hydrogen-bond acceptors (Lipinski definition) is 5. The number of rotatable bonds is 4. The minimum atomic E-state index is -0.193. The van der Waals surface area contributed by atoms with Gasteiger partial charge in [0, 0.05) is 24.4 Å². The minimum Gasteiger partial charge on any atom is -0.351 e. The van der Waals surface area contributed by atoms with E-state index in [1.54, 1.807) is 10.7 Å². The van der Waals surface area contributed by atoms with E-state index < -0.39 is 0 Å². The van der Waals surface area contributed by atoms with E-state index in [9.17, 15) is 4.79 Å². The molecule has 8 nitrogen and oxygen atoms in total. The van der Waals surface area contributed by atoms with Crippen molar-refractivity contribution in [1.29, 1.82) is 0 Å². The molecule has 3 aromatic heterocycles. The highest BCUT2D eigenvalue weighted by molar-refractivity contribution is 5.99. The molecule has 0 bridgehead atoms. The molecule has 0 saturated heterocycles. The number of aromatic nitrogens is 6. The van der Waals surface area contributed by atoms with Gasteiger partial charge in [-0.15, -0.1) is 0 Å². The Morgan fingerprint density at radius 1 is 1.43 bits per heavy atom. The number of amides is 1. The zero-order valence-corrected chi connectivity index (χ0v) is 11.8. The number of H-pyrrole nitrogens is 1. The first-order chi connectivity index (χ1) is 10.1. The van der Waals surface area contributed by atoms with Gasteiger partial charge in [-0.05, 0) is 19.9 Å². The van der Waals surface area contributed by atoms with Gasteiger partial charge in [-0.1, -0.05) is 0 Å². The normalized spacial score (nSPS) is 11.0. The molecule has 0 unspecified atom stereocenters. The number of nitrogens with zero attached hydrogens (tertiary/aromatic N) is 5. The summed E-state index contributed by atoms with van der Waals surface area (Å²) in [6, 6.07) is 1.92. The van der Waals surface area contributed by atoms with Crippen molar-refractivity contribution in [2.24, 2.45) is 0 Å². The molecule has 0 aromatic carbocycles. The summed E-state index contributed by atoms with van der Waals surface area (Å²) < 4.78 is 1.67. The lowest BCUT2D eigenvalue weighted by molar-refractivity contribution is 0.0955. The van der Waals surface area contributed by atoms with E-state index in [-0.39, 0.29) is 5.91 Å². The molecule has 8 heteroatoms. The molecule has 1 amide bonds. The fourth-order valence-electron chi connectivity index (χ4n) is 2.17. The van der Waals surface area contributed by atoms with Crippen molar-refractivity contribution in [1.82, 2.24) is 35.1 Å². The van der Waals surface area contributed by atoms with Gasteiger partial charge in [0.1, 0.15) is 17.7 Å². The maximum atomic E-state index is 12.2. The topological polar surface area (TPSA) is 101 Å². The minimum absolute atomic E-state index is 0.193. The largest absolute Gasteiger partial charge is 0.351 e. The summed E-state index contributed by atoms with van der Waals surface area (Å²) >= 11 is 0. The Hall–Kier alpha value is -2.77. The van der Waals surface area contributed by atoms with Crippen molar-refractivity contribution in [3.8, 4) is 0 Å². The van der Waals surface area contributed by atoms with Crippen molar-refractivity contribution < 1.29 is 4.79 Å². The first-order valence-electron chi connectivity index (χ1n) is 6.59. The van der Waals surface area contributed by atoms with E-state index in [1.165, 1.54) is 6.33 Å². The van der Waals surface area contributed by atoms with Crippen LogP contribution in [0.4, 0.5) is 0 Å². The Labute approximate surface area is 120 Å². The van der Waals surface area contributed by atoms with Gasteiger partial charge >= 0.3 is 0 Å². The van der Waals surface area contributed by atoms with Crippen molar-refractivity contribution in [3.05, 3.63) is 41.4 Å². The molecule has 0 fully saturated rings. The third-order valence-electron chi connectivity index (χ3n) is 3.13. The molecule has 0 aliphatic rings. The third kappa shape index (κ3) is 2.60. The van der Waals surface area contributed by atoms with Crippen LogP contribution in [0.2, 0.25) is 0 Å². The Morgan fingerprint density at radius 2 is 2.29 bits per heavy atom. The van der Waals surface area contributed by atoms with Gasteiger partial charge in [0.15, 0.2) is 5.65 Å². The van der Waals surface area contributed by atoms with E-state index >= 15 is 0 Å². The fraction of sp³-hybridized carbons (Fsp3) is 0.308. The molecule has 3 heterocycles. The van der Waals surface area contributed by atoms with Crippen molar-refractivity contribution in [3.63, 3.8) is 0 Å². The smallest absolute Gasteiger partial charge is 0.256 e. The lowest BCUT2D eigenvalue weighted by atomic mass is 10.3. The van der Waals surface area contributed by atoms with Gasteiger partial charge in [0.25, 0.3) is 5.91 Å². The maximum Gasteiger partial charge on any atom is 0.256 e. The van der Waals surface area contributed by atoms with Crippen molar-refractivity contribution in [2.45, 2.75) is 20.3 Å². The van der Waals surface area contributed by atoms with E-state index in [2.05, 4.69) is 30.6 Å². The second kappa shape index (κ2) is 5.31. The molecular formula is C13H15N7O. The second-order valence-electron chi connectivity index (χ2n) is 4.77. The van der Waals surface area contributed by atoms with Crippen LogP contribution in [-0.4, -0.2) is 42.2 Å². The van der Waals surface area contributed by atoms with Gasteiger partial charge in [0.05, 0.1) is 6.20 Å². The highest BCUT2D eigenvalue weighted by Gasteiger charge is 2.15. The number of nitrogens with one attached hydrogen (secondary N) is 2. The van der Waals surface area contributed by atoms with Crippen LogP contribution >= 0.6 is 0 Å². The first-order valence-corrected chi connectivity index (χ1v) is 6.59. The first kappa shape index (κ1) is 13.2. The van der Waals surface area contributed by atoms with E-state index in [0.29, 0.717) is 24.2 Å². The van der Waals surface area contributed by atoms with Crippen LogP contribution in [0.15, 0.2) is 18.6 Å². The summed E-state index contributed by atoms with van der Waals surface area (Å²) in [4.78, 5) is 20.6. The molecule has 21 heavy (non-hydrogen) atoms. The molecule has 108 valence electrons. The van der Waals surface area contributed by atoms with Gasteiger partial charge in [-0.3, -0.25) is 9.89 Å². The van der Waals surface area contributed by atoms with E-state index in [4.69, 9.17) is 0 Å². The lowest BCUT2D eigenvalue weighted by Crippen LogP contribution is -2.26. The Kier molecular flexibility index (Phi) is 3.35. The van der Waals surface area contributed by atoms with Gasteiger partial charge in [-0.25, -0.2) is 14.5 Å². The molecular weight excluding hydrogens is 270 g/mol. The molecule has 0 atom stereocenters. The molecule has 3 aromatic rings. The zero-order chi connectivity index (χ0) is 14.8. The molecule has 0 saturated carbocycles. The number of hydrogen-bond donors (Lipinski definition) is 2. The van der Waals surface area contributed by atoms with Crippen LogP contribution in [0.3, 0.4) is 0 Å². The Bertz CT molecular complexity index is 775. The highest BCUT2D eigenvalue weighted by atomic mass is 16.1. The average molecular weight is 285 g/mol. The van der Waals surface area contributed by atoms with Crippen LogP contribution in [0, 0.1) is 13.8 Å². The SMILES string of the molecule is Cc1cc(C)n2ncc(C(=O)NCCc3ncn[nH]3)c2n1. The number of aryl methyl sites for hydroxylation is 2. The summed E-state index contributed by atoms with van der Waals surface area (Å²) in [6.45, 7) is 4.29. The van der Waals surface area contributed by atoms with Crippen LogP contribution in [-0.2, 0) is 6.42 Å². The number of fused-ring (bicyclic) bond motifs is 1. The predicted octanol–water partition coefficient (Wildman–Crippen LogP) is 0.437. The lowest BCUT2D eigenvalue weighted by Gasteiger charge is -2.04. The molecule has 2 N–H and O–H groups in total. The van der Waals surface area contributed by atoms with Crippen LogP contribution in [0.1, 0.15) is 27.6 Å². The average Bonchev–Trinajstić information content (AvgIpc) is 3.07. The monoisotopic (exact) mass is 285 g/mol. The molecule has 0 aliphatic heterocycles. The molecule has 0 aliphatic carbocycles. The fourth-order valence-corrected chi connectivity index (χ4v) is 2.17. The number of aromatic amines is 1. The van der Waals surface area contributed by atoms with Crippen LogP contribution < -0.4 is 5.32 Å². The summed E-state index contributed by atoms with van der Waals surface area (Å²) in [5, 5.41) is 13.5. The molecule has 3 rings (SSSR count). The maximum absolute atomic E-state index is 12.2. The van der Waals surface area contributed by atoms with Crippen LogP contribution in [0.25, 0.3) is 5.65 Å². The Morgan fingerprint density at radius 3 is 3.05 bits per heavy atom. The van der Waals surface area contributed by atoms with Gasteiger partial charge < -0.3 is 5.32 Å². The van der Waals surface area contributed by atoms with Crippen LogP contribution in [0.5, 0.6) is 0 Å². The summed E-state index contributed by atoms with van der Waals surface area (Å²) in [5.74, 6) is 0.544. The van der Waals surface area contributed by atoms with Gasteiger partial charge in [0.2, 0.25) is 0 Å². The summed E-state index contributed by atoms with van der Waals surface area (Å²) in [6.07, 6.45) is 3.58. The third-order valence-corrected chi connectivity index (χ3v) is 3.13. The summed E-state index contributed by atoms with van der Waals surface area (Å²) in [7, 11) is 0. The standard InChI is InChI=1S/C13H15N7O/c1-8-5-9(2)20-12(18-8)10(6-17-20)13(21)14-4-3-11-15-7-16-19-11/h5-7H,3-4H2,1-2H3,(H,14,21)(H,15,16,19). The molecule has 0 radical (unpaired) electrons. The highest BCUT2D eigenvalue weighted by Crippen LogP contribution is 2.11. The second-order valence-corrected chi connectivity index (χ2v) is 4.77. The van der Waals surface area contributed by atoms with E-state index in [1.807, 2.05) is 19.9 Å².